The molecule has 1 aromatic carbocycles. The van der Waals surface area contributed by atoms with Crippen LogP contribution >= 0.6 is 0 Å². The van der Waals surface area contributed by atoms with E-state index in [9.17, 15) is 19.3 Å². The van der Waals surface area contributed by atoms with Crippen molar-refractivity contribution in [2.24, 2.45) is 0 Å². The Morgan fingerprint density at radius 1 is 1.47 bits per heavy atom. The lowest BCUT2D eigenvalue weighted by molar-refractivity contribution is -0.386. The van der Waals surface area contributed by atoms with Gasteiger partial charge in [-0.15, -0.1) is 0 Å². The summed E-state index contributed by atoms with van der Waals surface area (Å²) in [6.45, 7) is 2.21. The van der Waals surface area contributed by atoms with Crippen LogP contribution < -0.4 is 4.74 Å². The molecule has 0 fully saturated rings. The van der Waals surface area contributed by atoms with Gasteiger partial charge >= 0.3 is 11.7 Å². The van der Waals surface area contributed by atoms with E-state index in [1.54, 1.807) is 0 Å². The van der Waals surface area contributed by atoms with Crippen LogP contribution in [0.25, 0.3) is 0 Å². The van der Waals surface area contributed by atoms with Crippen LogP contribution in [0, 0.1) is 15.9 Å². The van der Waals surface area contributed by atoms with Crippen LogP contribution in [0.4, 0.5) is 10.1 Å². The van der Waals surface area contributed by atoms with Gasteiger partial charge in [-0.1, -0.05) is 19.8 Å². The third-order valence-electron chi connectivity index (χ3n) is 2.48. The predicted molar refractivity (Wildman–Crippen MR) is 65.0 cm³/mol. The monoisotopic (exact) mass is 271 g/mol. The number of hydrogen-bond donors (Lipinski definition) is 1. The van der Waals surface area contributed by atoms with Gasteiger partial charge in [-0.2, -0.15) is 0 Å². The standard InChI is InChI=1S/C12H14FNO5/c1-2-3-4-5-19-11-6-8(12(15)16)9(13)7-10(11)14(17)18/h6-7H,2-5H2,1H3,(H,15,16). The quantitative estimate of drug-likeness (QED) is 0.467. The minimum absolute atomic E-state index is 0.222. The molecule has 0 aliphatic carbocycles. The third kappa shape index (κ3) is 3.90. The van der Waals surface area contributed by atoms with E-state index in [1.165, 1.54) is 0 Å². The zero-order chi connectivity index (χ0) is 14.4. The number of halogens is 1. The van der Waals surface area contributed by atoms with E-state index in [2.05, 4.69) is 0 Å². The van der Waals surface area contributed by atoms with Crippen LogP contribution in [0.5, 0.6) is 5.75 Å². The van der Waals surface area contributed by atoms with E-state index < -0.39 is 28.0 Å². The number of carboxylic acid groups (broad SMARTS) is 1. The molecule has 0 amide bonds. The van der Waals surface area contributed by atoms with Crippen molar-refractivity contribution >= 4 is 11.7 Å². The molecule has 0 radical (unpaired) electrons. The molecule has 0 saturated carbocycles. The first-order chi connectivity index (χ1) is 8.97. The number of carbonyl (C=O) groups is 1. The highest BCUT2D eigenvalue weighted by Crippen LogP contribution is 2.30. The van der Waals surface area contributed by atoms with E-state index in [0.29, 0.717) is 12.5 Å². The fourth-order valence-electron chi connectivity index (χ4n) is 1.50. The van der Waals surface area contributed by atoms with Gasteiger partial charge in [0, 0.05) is 6.07 Å². The van der Waals surface area contributed by atoms with Crippen molar-refractivity contribution in [1.29, 1.82) is 0 Å². The normalized spacial score (nSPS) is 10.2. The molecule has 0 bridgehead atoms. The molecule has 1 aromatic rings. The highest BCUT2D eigenvalue weighted by atomic mass is 19.1. The first-order valence-corrected chi connectivity index (χ1v) is 5.81. The van der Waals surface area contributed by atoms with Gasteiger partial charge < -0.3 is 9.84 Å². The highest BCUT2D eigenvalue weighted by Gasteiger charge is 2.22. The maximum atomic E-state index is 13.3. The summed E-state index contributed by atoms with van der Waals surface area (Å²) in [4.78, 5) is 20.7. The summed E-state index contributed by atoms with van der Waals surface area (Å²) in [6, 6.07) is 1.42. The number of nitrogens with zero attached hydrogens (tertiary/aromatic N) is 1. The van der Waals surface area contributed by atoms with Crippen LogP contribution in [0.2, 0.25) is 0 Å². The van der Waals surface area contributed by atoms with Gasteiger partial charge in [-0.05, 0) is 6.42 Å². The molecular weight excluding hydrogens is 257 g/mol. The van der Waals surface area contributed by atoms with E-state index in [0.717, 1.165) is 18.9 Å². The molecule has 0 saturated heterocycles. The van der Waals surface area contributed by atoms with E-state index in [4.69, 9.17) is 9.84 Å². The summed E-state index contributed by atoms with van der Waals surface area (Å²) in [5.74, 6) is -2.87. The van der Waals surface area contributed by atoms with E-state index >= 15 is 0 Å². The van der Waals surface area contributed by atoms with Crippen LogP contribution in [-0.2, 0) is 0 Å². The molecule has 6 nitrogen and oxygen atoms in total. The molecule has 1 rings (SSSR count). The molecule has 0 aromatic heterocycles. The Kier molecular flexibility index (Phi) is 5.23. The van der Waals surface area contributed by atoms with Crippen molar-refractivity contribution in [1.82, 2.24) is 0 Å². The summed E-state index contributed by atoms with van der Waals surface area (Å²) in [5.41, 5.74) is -1.21. The maximum Gasteiger partial charge on any atom is 0.338 e. The molecule has 0 atom stereocenters. The number of hydrogen-bond acceptors (Lipinski definition) is 4. The van der Waals surface area contributed by atoms with Crippen molar-refractivity contribution in [3.8, 4) is 5.75 Å². The van der Waals surface area contributed by atoms with E-state index in [-0.39, 0.29) is 12.4 Å². The SMILES string of the molecule is CCCCCOc1cc(C(=O)O)c(F)cc1[N+](=O)[O-]. The van der Waals surface area contributed by atoms with Gasteiger partial charge in [0.25, 0.3) is 0 Å². The fraction of sp³-hybridized carbons (Fsp3) is 0.417. The Hall–Kier alpha value is -2.18. The lowest BCUT2D eigenvalue weighted by Crippen LogP contribution is -2.06. The van der Waals surface area contributed by atoms with Crippen molar-refractivity contribution in [3.63, 3.8) is 0 Å². The number of benzene rings is 1. The van der Waals surface area contributed by atoms with Crippen LogP contribution in [-0.4, -0.2) is 22.6 Å². The third-order valence-corrected chi connectivity index (χ3v) is 2.48. The summed E-state index contributed by atoms with van der Waals surface area (Å²) >= 11 is 0. The largest absolute Gasteiger partial charge is 0.487 e. The first-order valence-electron chi connectivity index (χ1n) is 5.81. The zero-order valence-corrected chi connectivity index (χ0v) is 10.4. The second-order valence-corrected chi connectivity index (χ2v) is 3.92. The lowest BCUT2D eigenvalue weighted by Gasteiger charge is -2.08. The minimum Gasteiger partial charge on any atom is -0.487 e. The molecule has 0 spiro atoms. The Bertz CT molecular complexity index is 489. The summed E-state index contributed by atoms with van der Waals surface area (Å²) < 4.78 is 18.5. The Morgan fingerprint density at radius 3 is 2.68 bits per heavy atom. The highest BCUT2D eigenvalue weighted by molar-refractivity contribution is 5.89. The van der Waals surface area contributed by atoms with Crippen molar-refractivity contribution in [3.05, 3.63) is 33.6 Å². The van der Waals surface area contributed by atoms with Gasteiger partial charge in [0.2, 0.25) is 0 Å². The first kappa shape index (κ1) is 14.9. The molecule has 19 heavy (non-hydrogen) atoms. The summed E-state index contributed by atoms with van der Waals surface area (Å²) in [6.07, 6.45) is 2.53. The Balaban J connectivity index is 3.01. The Morgan fingerprint density at radius 2 is 2.16 bits per heavy atom. The lowest BCUT2D eigenvalue weighted by atomic mass is 10.1. The molecule has 0 unspecified atom stereocenters. The molecule has 1 N–H and O–H groups in total. The van der Waals surface area contributed by atoms with Crippen molar-refractivity contribution < 1.29 is 24.0 Å². The van der Waals surface area contributed by atoms with Crippen molar-refractivity contribution in [2.45, 2.75) is 26.2 Å². The number of unbranched alkanes of at least 4 members (excludes halogenated alkanes) is 2. The molecule has 0 heterocycles. The fourth-order valence-corrected chi connectivity index (χ4v) is 1.50. The van der Waals surface area contributed by atoms with Gasteiger partial charge in [-0.3, -0.25) is 10.1 Å². The summed E-state index contributed by atoms with van der Waals surface area (Å²) in [7, 11) is 0. The van der Waals surface area contributed by atoms with Crippen LogP contribution in [0.1, 0.15) is 36.5 Å². The second kappa shape index (κ2) is 6.67. The van der Waals surface area contributed by atoms with Gasteiger partial charge in [0.05, 0.1) is 23.2 Å². The number of nitro groups is 1. The van der Waals surface area contributed by atoms with Gasteiger partial charge in [0.15, 0.2) is 5.75 Å². The zero-order valence-electron chi connectivity index (χ0n) is 10.4. The molecule has 104 valence electrons. The molecular formula is C12H14FNO5. The van der Waals surface area contributed by atoms with Crippen LogP contribution in [0.3, 0.4) is 0 Å². The summed E-state index contributed by atoms with van der Waals surface area (Å²) in [5, 5.41) is 19.5. The average Bonchev–Trinajstić information content (AvgIpc) is 2.35. The maximum absolute atomic E-state index is 13.3. The number of aromatic carboxylic acids is 1. The van der Waals surface area contributed by atoms with Gasteiger partial charge in [0.1, 0.15) is 5.82 Å². The van der Waals surface area contributed by atoms with Crippen molar-refractivity contribution in [2.75, 3.05) is 6.61 Å². The number of rotatable bonds is 7. The average molecular weight is 271 g/mol. The number of ether oxygens (including phenoxy) is 1. The number of carboxylic acids is 1. The number of nitro benzene ring substituents is 1. The smallest absolute Gasteiger partial charge is 0.338 e. The predicted octanol–water partition coefficient (Wildman–Crippen LogP) is 3.00. The van der Waals surface area contributed by atoms with Gasteiger partial charge in [-0.25, -0.2) is 9.18 Å². The minimum atomic E-state index is -1.49. The van der Waals surface area contributed by atoms with Crippen LogP contribution in [0.15, 0.2) is 12.1 Å². The second-order valence-electron chi connectivity index (χ2n) is 3.92. The topological polar surface area (TPSA) is 89.7 Å². The molecule has 7 heteroatoms. The molecule has 0 aliphatic heterocycles. The Labute approximate surface area is 109 Å². The molecule has 0 aliphatic rings. The van der Waals surface area contributed by atoms with E-state index in [1.807, 2.05) is 6.92 Å².